The summed E-state index contributed by atoms with van der Waals surface area (Å²) in [6, 6.07) is -0.174. The number of urea groups is 1. The van der Waals surface area contributed by atoms with Crippen LogP contribution in [-0.2, 0) is 14.8 Å². The van der Waals surface area contributed by atoms with E-state index in [2.05, 4.69) is 24.8 Å². The summed E-state index contributed by atoms with van der Waals surface area (Å²) in [5, 5.41) is 4.34. The first-order valence-corrected chi connectivity index (χ1v) is 10.5. The third-order valence-corrected chi connectivity index (χ3v) is 5.39. The number of hydrogen-bond acceptors (Lipinski definition) is 11. The van der Waals surface area contributed by atoms with Gasteiger partial charge in [-0.05, 0) is 0 Å². The third-order valence-electron chi connectivity index (χ3n) is 4.03. The van der Waals surface area contributed by atoms with Crippen molar-refractivity contribution in [1.29, 1.82) is 0 Å². The summed E-state index contributed by atoms with van der Waals surface area (Å²) in [6.45, 7) is 0. The fourth-order valence-electron chi connectivity index (χ4n) is 2.54. The first kappa shape index (κ1) is 25.1. The average Bonchev–Trinajstić information content (AvgIpc) is 3.27. The average molecular weight is 517 g/mol. The van der Waals surface area contributed by atoms with Gasteiger partial charge >= 0.3 is 12.0 Å². The van der Waals surface area contributed by atoms with Crippen molar-refractivity contribution in [3.05, 3.63) is 41.5 Å². The van der Waals surface area contributed by atoms with Crippen molar-refractivity contribution in [2.75, 3.05) is 26.6 Å². The van der Waals surface area contributed by atoms with Crippen LogP contribution in [0.1, 0.15) is 10.4 Å². The van der Waals surface area contributed by atoms with Gasteiger partial charge in [0.2, 0.25) is 23.5 Å². The van der Waals surface area contributed by atoms with Gasteiger partial charge in [-0.2, -0.15) is 32.6 Å². The molecule has 18 heteroatoms. The number of anilines is 1. The number of pyridine rings is 1. The van der Waals surface area contributed by atoms with Crippen molar-refractivity contribution < 1.29 is 45.4 Å². The van der Waals surface area contributed by atoms with Crippen LogP contribution in [0.5, 0.6) is 11.8 Å². The van der Waals surface area contributed by atoms with Crippen molar-refractivity contribution in [3.63, 3.8) is 0 Å². The number of sulfonamides is 1. The van der Waals surface area contributed by atoms with Gasteiger partial charge in [0, 0.05) is 0 Å². The summed E-state index contributed by atoms with van der Waals surface area (Å²) in [5.41, 5.74) is -0.780. The largest absolute Gasteiger partial charge is 0.481 e. The number of nitrogens with one attached hydrogen (secondary N) is 2. The van der Waals surface area contributed by atoms with E-state index < -0.39 is 61.8 Å². The van der Waals surface area contributed by atoms with Crippen molar-refractivity contribution in [2.24, 2.45) is 0 Å². The van der Waals surface area contributed by atoms with E-state index in [1.807, 2.05) is 5.32 Å². The van der Waals surface area contributed by atoms with Gasteiger partial charge in [0.05, 0.1) is 39.8 Å². The number of amides is 2. The molecule has 0 radical (unpaired) electrons. The van der Waals surface area contributed by atoms with Crippen LogP contribution in [0.2, 0.25) is 0 Å². The molecule has 14 nitrogen and oxygen atoms in total. The van der Waals surface area contributed by atoms with Gasteiger partial charge < -0.3 is 14.2 Å². The Morgan fingerprint density at radius 1 is 1.00 bits per heavy atom. The minimum atomic E-state index is -5.08. The van der Waals surface area contributed by atoms with Gasteiger partial charge in [-0.25, -0.2) is 28.1 Å². The Hall–Kier alpha value is -4.48. The number of carbonyl (C=O) groups excluding carboxylic acids is 2. The fourth-order valence-corrected chi connectivity index (χ4v) is 3.72. The molecule has 0 saturated heterocycles. The van der Waals surface area contributed by atoms with Crippen LogP contribution in [0.15, 0.2) is 23.5 Å². The second kappa shape index (κ2) is 9.79. The van der Waals surface area contributed by atoms with Gasteiger partial charge in [0.25, 0.3) is 10.0 Å². The van der Waals surface area contributed by atoms with Gasteiger partial charge in [-0.15, -0.1) is 0 Å². The first-order valence-electron chi connectivity index (χ1n) is 8.99. The molecular weight excluding hydrogens is 503 g/mol. The molecule has 0 bridgehead atoms. The van der Waals surface area contributed by atoms with Crippen molar-refractivity contribution in [3.8, 4) is 17.6 Å². The van der Waals surface area contributed by atoms with Crippen LogP contribution >= 0.6 is 0 Å². The molecule has 0 fully saturated rings. The van der Waals surface area contributed by atoms with Gasteiger partial charge in [0.15, 0.2) is 22.5 Å². The molecule has 0 aliphatic carbocycles. The lowest BCUT2D eigenvalue weighted by molar-refractivity contribution is 0.0596. The fraction of sp³-hybridized carbons (Fsp3) is 0.176. The number of aromatic nitrogens is 5. The van der Waals surface area contributed by atoms with Crippen LogP contribution in [0, 0.1) is 17.5 Å². The standard InChI is InChI=1S/C17H14F3N7O7S/c1-32-9-4-10(33-2)24-16(23-9)25-17(29)26-35(30,31)14-7(15(28)34-3)5-22-27(14)13-12(20)11(19)8(18)6-21-13/h4-6H,1-3H3,(H2,23,24,25,26,29). The van der Waals surface area contributed by atoms with E-state index in [-0.39, 0.29) is 22.6 Å². The second-order valence-corrected chi connectivity index (χ2v) is 7.76. The highest BCUT2D eigenvalue weighted by molar-refractivity contribution is 7.90. The van der Waals surface area contributed by atoms with Crippen LogP contribution in [0.25, 0.3) is 5.82 Å². The Labute approximate surface area is 194 Å². The zero-order valence-electron chi connectivity index (χ0n) is 17.9. The maximum atomic E-state index is 14.3. The summed E-state index contributed by atoms with van der Waals surface area (Å²) in [4.78, 5) is 35.3. The molecule has 0 aromatic carbocycles. The second-order valence-electron chi connectivity index (χ2n) is 6.16. The summed E-state index contributed by atoms with van der Waals surface area (Å²) in [5.74, 6) is -8.47. The molecule has 0 spiro atoms. The highest BCUT2D eigenvalue weighted by Crippen LogP contribution is 2.24. The van der Waals surface area contributed by atoms with E-state index in [0.717, 1.165) is 7.11 Å². The van der Waals surface area contributed by atoms with E-state index >= 15 is 0 Å². The smallest absolute Gasteiger partial charge is 0.342 e. The molecule has 3 aromatic heterocycles. The van der Waals surface area contributed by atoms with E-state index in [0.29, 0.717) is 6.20 Å². The van der Waals surface area contributed by atoms with Crippen molar-refractivity contribution in [1.82, 2.24) is 29.5 Å². The van der Waals surface area contributed by atoms with Crippen molar-refractivity contribution in [2.45, 2.75) is 5.03 Å². The lowest BCUT2D eigenvalue weighted by atomic mass is 10.3. The Kier molecular flexibility index (Phi) is 7.04. The molecule has 3 heterocycles. The maximum absolute atomic E-state index is 14.3. The highest BCUT2D eigenvalue weighted by atomic mass is 32.2. The molecular formula is C17H14F3N7O7S. The molecule has 186 valence electrons. The maximum Gasteiger partial charge on any atom is 0.342 e. The molecule has 0 atom stereocenters. The predicted octanol–water partition coefficient (Wildman–Crippen LogP) is 0.789. The quantitative estimate of drug-likeness (QED) is 0.424. The minimum absolute atomic E-state index is 0.0408. The zero-order chi connectivity index (χ0) is 25.9. The Bertz CT molecular complexity index is 1390. The number of methoxy groups -OCH3 is 3. The number of ether oxygens (including phenoxy) is 3. The summed E-state index contributed by atoms with van der Waals surface area (Å²) in [6.07, 6.45) is 0.897. The van der Waals surface area contributed by atoms with Gasteiger partial charge in [-0.3, -0.25) is 5.32 Å². The number of halogens is 3. The van der Waals surface area contributed by atoms with Gasteiger partial charge in [0.1, 0.15) is 5.56 Å². The molecule has 0 aliphatic heterocycles. The summed E-state index contributed by atoms with van der Waals surface area (Å²) < 4.78 is 83.3. The van der Waals surface area contributed by atoms with E-state index in [1.54, 1.807) is 0 Å². The Morgan fingerprint density at radius 2 is 1.63 bits per heavy atom. The molecule has 3 aromatic rings. The minimum Gasteiger partial charge on any atom is -0.481 e. The van der Waals surface area contributed by atoms with Crippen LogP contribution in [0.3, 0.4) is 0 Å². The molecule has 0 saturated carbocycles. The Morgan fingerprint density at radius 3 is 2.20 bits per heavy atom. The number of nitrogens with zero attached hydrogens (tertiary/aromatic N) is 5. The number of hydrogen-bond donors (Lipinski definition) is 2. The van der Waals surface area contributed by atoms with E-state index in [1.165, 1.54) is 25.0 Å². The van der Waals surface area contributed by atoms with Gasteiger partial charge in [-0.1, -0.05) is 0 Å². The molecule has 3 rings (SSSR count). The number of carbonyl (C=O) groups is 2. The molecule has 2 amide bonds. The van der Waals surface area contributed by atoms with Crippen LogP contribution in [0.4, 0.5) is 23.9 Å². The first-order chi connectivity index (χ1) is 16.5. The normalized spacial score (nSPS) is 11.0. The molecule has 0 aliphatic rings. The number of esters is 1. The lowest BCUT2D eigenvalue weighted by Crippen LogP contribution is -2.36. The topological polar surface area (TPSA) is 177 Å². The van der Waals surface area contributed by atoms with E-state index in [4.69, 9.17) is 9.47 Å². The number of rotatable bonds is 7. The van der Waals surface area contributed by atoms with Crippen LogP contribution < -0.4 is 19.5 Å². The summed E-state index contributed by atoms with van der Waals surface area (Å²) in [7, 11) is -1.65. The van der Waals surface area contributed by atoms with E-state index in [9.17, 15) is 31.2 Å². The lowest BCUT2D eigenvalue weighted by Gasteiger charge is -2.12. The molecule has 2 N–H and O–H groups in total. The molecule has 35 heavy (non-hydrogen) atoms. The molecule has 0 unspecified atom stereocenters. The SMILES string of the molecule is COC(=O)c1cnn(-c2ncc(F)c(F)c2F)c1S(=O)(=O)NC(=O)Nc1nc(OC)cc(OC)n1. The summed E-state index contributed by atoms with van der Waals surface area (Å²) >= 11 is 0. The van der Waals surface area contributed by atoms with Crippen molar-refractivity contribution >= 4 is 28.0 Å². The Balaban J connectivity index is 2.03. The highest BCUT2D eigenvalue weighted by Gasteiger charge is 2.33. The van der Waals surface area contributed by atoms with Crippen LogP contribution in [-0.4, -0.2) is 66.5 Å². The third kappa shape index (κ3) is 5.05. The zero-order valence-corrected chi connectivity index (χ0v) is 18.7. The monoisotopic (exact) mass is 517 g/mol. The predicted molar refractivity (Wildman–Crippen MR) is 107 cm³/mol.